The van der Waals surface area contributed by atoms with Crippen LogP contribution < -0.4 is 5.32 Å². The summed E-state index contributed by atoms with van der Waals surface area (Å²) in [6, 6.07) is 7.53. The normalized spacial score (nSPS) is 24.0. The fourth-order valence-corrected chi connectivity index (χ4v) is 4.39. The Labute approximate surface area is 188 Å². The van der Waals surface area contributed by atoms with Crippen molar-refractivity contribution >= 4 is 29.6 Å². The van der Waals surface area contributed by atoms with Gasteiger partial charge in [-0.15, -0.1) is 0 Å². The third-order valence-corrected chi connectivity index (χ3v) is 5.91. The van der Waals surface area contributed by atoms with E-state index in [0.29, 0.717) is 24.4 Å². The number of aliphatic imine (C=N–C) groups is 1. The largest absolute Gasteiger partial charge is 0.350 e. The summed E-state index contributed by atoms with van der Waals surface area (Å²) in [5.74, 6) is -0.656. The highest BCUT2D eigenvalue weighted by Gasteiger charge is 2.37. The molecule has 3 aliphatic heterocycles. The van der Waals surface area contributed by atoms with Crippen molar-refractivity contribution in [1.29, 1.82) is 0 Å². The molecule has 5 rings (SSSR count). The Morgan fingerprint density at radius 2 is 2.09 bits per heavy atom. The van der Waals surface area contributed by atoms with Crippen LogP contribution in [-0.2, 0) is 0 Å². The van der Waals surface area contributed by atoms with Gasteiger partial charge in [0.2, 0.25) is 0 Å². The Bertz CT molecular complexity index is 1150. The summed E-state index contributed by atoms with van der Waals surface area (Å²) in [4.78, 5) is 23.4. The SMILES string of the molecule is O=C(NC1C=NN2C=CC(N3CCC[C@@H]3c3cc(F)ccc3F)=NC12)c1cccc(Cl)n1. The van der Waals surface area contributed by atoms with Gasteiger partial charge in [0.1, 0.15) is 34.4 Å². The summed E-state index contributed by atoms with van der Waals surface area (Å²) >= 11 is 5.88. The average molecular weight is 457 g/mol. The van der Waals surface area contributed by atoms with Crippen molar-refractivity contribution in [3.8, 4) is 0 Å². The highest BCUT2D eigenvalue weighted by molar-refractivity contribution is 6.29. The third-order valence-electron chi connectivity index (χ3n) is 5.70. The van der Waals surface area contributed by atoms with Gasteiger partial charge in [0, 0.05) is 18.3 Å². The number of aromatic nitrogens is 1. The Morgan fingerprint density at radius 1 is 1.22 bits per heavy atom. The van der Waals surface area contributed by atoms with Crippen molar-refractivity contribution in [2.45, 2.75) is 31.1 Å². The van der Waals surface area contributed by atoms with Crippen molar-refractivity contribution < 1.29 is 13.6 Å². The summed E-state index contributed by atoms with van der Waals surface area (Å²) < 4.78 is 28.2. The molecule has 7 nitrogen and oxygen atoms in total. The van der Waals surface area contributed by atoms with Crippen LogP contribution in [0.3, 0.4) is 0 Å². The second kappa shape index (κ2) is 8.31. The monoisotopic (exact) mass is 456 g/mol. The number of likely N-dealkylation sites (tertiary alicyclic amines) is 1. The van der Waals surface area contributed by atoms with Crippen LogP contribution in [0.1, 0.15) is 34.9 Å². The molecule has 1 aromatic heterocycles. The number of halogens is 3. The quantitative estimate of drug-likeness (QED) is 0.717. The van der Waals surface area contributed by atoms with Crippen LogP contribution in [0.15, 0.2) is 58.8 Å². The first kappa shape index (κ1) is 20.6. The van der Waals surface area contributed by atoms with Crippen molar-refractivity contribution in [1.82, 2.24) is 20.2 Å². The van der Waals surface area contributed by atoms with Crippen LogP contribution in [0.4, 0.5) is 8.78 Å². The number of benzene rings is 1. The molecule has 3 atom stereocenters. The lowest BCUT2D eigenvalue weighted by atomic mass is 10.0. The summed E-state index contributed by atoms with van der Waals surface area (Å²) in [5.41, 5.74) is 0.515. The Balaban J connectivity index is 1.37. The zero-order valence-electron chi connectivity index (χ0n) is 16.8. The molecule has 0 spiro atoms. The van der Waals surface area contributed by atoms with E-state index in [9.17, 15) is 13.6 Å². The van der Waals surface area contributed by atoms with Gasteiger partial charge in [-0.2, -0.15) is 5.10 Å². The van der Waals surface area contributed by atoms with Gasteiger partial charge in [0.25, 0.3) is 5.91 Å². The van der Waals surface area contributed by atoms with Crippen LogP contribution >= 0.6 is 11.6 Å². The minimum absolute atomic E-state index is 0.195. The maximum atomic E-state index is 14.4. The van der Waals surface area contributed by atoms with Gasteiger partial charge in [0.15, 0.2) is 6.17 Å². The van der Waals surface area contributed by atoms with Gasteiger partial charge >= 0.3 is 0 Å². The minimum atomic E-state index is -0.491. The third kappa shape index (κ3) is 3.84. The Morgan fingerprint density at radius 3 is 2.94 bits per heavy atom. The van der Waals surface area contributed by atoms with Crippen molar-refractivity contribution in [3.63, 3.8) is 0 Å². The Kier molecular flexibility index (Phi) is 5.34. The number of amidine groups is 1. The molecular formula is C22H19ClF2N6O. The molecule has 0 radical (unpaired) electrons. The number of amides is 1. The topological polar surface area (TPSA) is 73.2 Å². The number of nitrogens with one attached hydrogen (secondary N) is 1. The van der Waals surface area contributed by atoms with E-state index in [4.69, 9.17) is 16.6 Å². The first-order chi connectivity index (χ1) is 15.5. The summed E-state index contributed by atoms with van der Waals surface area (Å²) in [6.45, 7) is 0.667. The molecular weight excluding hydrogens is 438 g/mol. The molecule has 4 heterocycles. The molecule has 1 aromatic carbocycles. The molecule has 1 saturated heterocycles. The lowest BCUT2D eigenvalue weighted by molar-refractivity contribution is 0.0931. The molecule has 10 heteroatoms. The zero-order valence-corrected chi connectivity index (χ0v) is 17.6. The molecule has 32 heavy (non-hydrogen) atoms. The predicted octanol–water partition coefficient (Wildman–Crippen LogP) is 3.50. The summed E-state index contributed by atoms with van der Waals surface area (Å²) in [5, 5.41) is 9.04. The van der Waals surface area contributed by atoms with E-state index in [1.54, 1.807) is 41.7 Å². The minimum Gasteiger partial charge on any atom is -0.350 e. The lowest BCUT2D eigenvalue weighted by Gasteiger charge is -2.32. The molecule has 164 valence electrons. The van der Waals surface area contributed by atoms with Crippen LogP contribution in [0.2, 0.25) is 5.15 Å². The van der Waals surface area contributed by atoms with E-state index in [-0.39, 0.29) is 16.9 Å². The number of carbonyl (C=O) groups excluding carboxylic acids is 1. The average Bonchev–Trinajstić information content (AvgIpc) is 3.42. The molecule has 2 aromatic rings. The number of carbonyl (C=O) groups is 1. The standard InChI is InChI=1S/C22H19ClF2N6O/c23-19-5-1-3-16(27-19)22(32)28-17-12-26-31-10-8-20(29-21(17)31)30-9-2-4-18(30)14-11-13(24)6-7-15(14)25/h1,3,5-8,10-12,17-18,21H,2,4,9H2,(H,28,32)/t17?,18-,21?/m1/s1. The number of fused-ring (bicyclic) bond motifs is 1. The van der Waals surface area contributed by atoms with E-state index < -0.39 is 29.7 Å². The Hall–Kier alpha value is -3.33. The molecule has 0 aliphatic carbocycles. The fourth-order valence-electron chi connectivity index (χ4n) is 4.22. The fraction of sp³-hybridized carbons (Fsp3) is 0.273. The first-order valence-electron chi connectivity index (χ1n) is 10.2. The second-order valence-electron chi connectivity index (χ2n) is 7.72. The van der Waals surface area contributed by atoms with Gasteiger partial charge in [-0.3, -0.25) is 4.79 Å². The maximum absolute atomic E-state index is 14.4. The van der Waals surface area contributed by atoms with Gasteiger partial charge in [0.05, 0.1) is 12.3 Å². The number of rotatable bonds is 3. The number of pyridine rings is 1. The summed E-state index contributed by atoms with van der Waals surface area (Å²) in [7, 11) is 0. The second-order valence-corrected chi connectivity index (χ2v) is 8.11. The molecule has 0 bridgehead atoms. The highest BCUT2D eigenvalue weighted by Crippen LogP contribution is 2.35. The molecule has 3 aliphatic rings. The van der Waals surface area contributed by atoms with Crippen molar-refractivity contribution in [2.75, 3.05) is 6.54 Å². The lowest BCUT2D eigenvalue weighted by Crippen LogP contribution is -2.47. The number of hydrogen-bond donors (Lipinski definition) is 1. The highest BCUT2D eigenvalue weighted by atomic mass is 35.5. The molecule has 1 amide bonds. The number of hydrazone groups is 1. The van der Waals surface area contributed by atoms with Gasteiger partial charge in [-0.1, -0.05) is 17.7 Å². The number of nitrogens with zero attached hydrogens (tertiary/aromatic N) is 5. The molecule has 2 unspecified atom stereocenters. The number of hydrogen-bond acceptors (Lipinski definition) is 6. The molecule has 0 saturated carbocycles. The van der Waals surface area contributed by atoms with Gasteiger partial charge in [-0.25, -0.2) is 23.8 Å². The van der Waals surface area contributed by atoms with Crippen LogP contribution in [-0.4, -0.2) is 51.6 Å². The van der Waals surface area contributed by atoms with Gasteiger partial charge < -0.3 is 10.2 Å². The predicted molar refractivity (Wildman–Crippen MR) is 116 cm³/mol. The van der Waals surface area contributed by atoms with E-state index >= 15 is 0 Å². The smallest absolute Gasteiger partial charge is 0.270 e. The van der Waals surface area contributed by atoms with Crippen LogP contribution in [0.5, 0.6) is 0 Å². The van der Waals surface area contributed by atoms with E-state index in [1.807, 2.05) is 4.90 Å². The van der Waals surface area contributed by atoms with Crippen LogP contribution in [0, 0.1) is 11.6 Å². The first-order valence-corrected chi connectivity index (χ1v) is 10.6. The molecule has 1 N–H and O–H groups in total. The van der Waals surface area contributed by atoms with Crippen LogP contribution in [0.25, 0.3) is 0 Å². The maximum Gasteiger partial charge on any atom is 0.270 e. The van der Waals surface area contributed by atoms with Gasteiger partial charge in [-0.05, 0) is 49.2 Å². The van der Waals surface area contributed by atoms with Crippen molar-refractivity contribution in [3.05, 3.63) is 76.7 Å². The van der Waals surface area contributed by atoms with E-state index in [0.717, 1.165) is 18.6 Å². The van der Waals surface area contributed by atoms with Crippen molar-refractivity contribution in [2.24, 2.45) is 10.1 Å². The van der Waals surface area contributed by atoms with E-state index in [1.165, 1.54) is 6.07 Å². The molecule has 1 fully saturated rings. The van der Waals surface area contributed by atoms with E-state index in [2.05, 4.69) is 15.4 Å². The summed E-state index contributed by atoms with van der Waals surface area (Å²) in [6.07, 6.45) is 6.21. The zero-order chi connectivity index (χ0) is 22.2.